The van der Waals surface area contributed by atoms with Gasteiger partial charge in [0.1, 0.15) is 5.75 Å². The summed E-state index contributed by atoms with van der Waals surface area (Å²) < 4.78 is 21.3. The van der Waals surface area contributed by atoms with Crippen molar-refractivity contribution >= 4 is 11.6 Å². The predicted molar refractivity (Wildman–Crippen MR) is 91.3 cm³/mol. The van der Waals surface area contributed by atoms with Crippen LogP contribution in [0.5, 0.6) is 23.0 Å². The van der Waals surface area contributed by atoms with Gasteiger partial charge in [-0.3, -0.25) is 4.79 Å². The molecule has 0 atom stereocenters. The molecule has 2 aromatic carbocycles. The number of hydrogen-bond donors (Lipinski definition) is 1. The molecule has 0 saturated carbocycles. The fourth-order valence-corrected chi connectivity index (χ4v) is 2.11. The second-order valence-corrected chi connectivity index (χ2v) is 4.79. The van der Waals surface area contributed by atoms with Crippen LogP contribution in [0.15, 0.2) is 42.5 Å². The third-order valence-electron chi connectivity index (χ3n) is 3.17. The van der Waals surface area contributed by atoms with Crippen LogP contribution in [0.25, 0.3) is 0 Å². The van der Waals surface area contributed by atoms with E-state index in [0.717, 1.165) is 5.75 Å². The first kappa shape index (κ1) is 17.5. The normalized spacial score (nSPS) is 9.96. The van der Waals surface area contributed by atoms with Crippen LogP contribution in [0, 0.1) is 0 Å². The van der Waals surface area contributed by atoms with Gasteiger partial charge in [0, 0.05) is 5.69 Å². The lowest BCUT2D eigenvalue weighted by atomic mass is 10.3. The van der Waals surface area contributed by atoms with Crippen molar-refractivity contribution in [3.05, 3.63) is 42.5 Å². The van der Waals surface area contributed by atoms with E-state index < -0.39 is 0 Å². The number of hydrogen-bond acceptors (Lipinski definition) is 5. The molecular formula is C18H21NO5. The smallest absolute Gasteiger partial charge is 0.262 e. The molecule has 0 aliphatic heterocycles. The van der Waals surface area contributed by atoms with Gasteiger partial charge in [0.2, 0.25) is 5.75 Å². The minimum atomic E-state index is -0.274. The number of para-hydroxylation sites is 1. The number of benzene rings is 2. The lowest BCUT2D eigenvalue weighted by molar-refractivity contribution is -0.118. The van der Waals surface area contributed by atoms with Gasteiger partial charge >= 0.3 is 0 Å². The number of ether oxygens (including phenoxy) is 4. The molecule has 128 valence electrons. The first-order valence-electron chi connectivity index (χ1n) is 7.54. The zero-order chi connectivity index (χ0) is 17.4. The van der Waals surface area contributed by atoms with Crippen molar-refractivity contribution in [3.63, 3.8) is 0 Å². The molecule has 0 bridgehead atoms. The zero-order valence-corrected chi connectivity index (χ0v) is 14.0. The third kappa shape index (κ3) is 4.55. The quantitative estimate of drug-likeness (QED) is 0.805. The molecule has 2 aromatic rings. The largest absolute Gasteiger partial charge is 0.494 e. The Morgan fingerprint density at radius 2 is 1.67 bits per heavy atom. The van der Waals surface area contributed by atoms with E-state index >= 15 is 0 Å². The highest BCUT2D eigenvalue weighted by Gasteiger charge is 2.12. The molecule has 0 saturated heterocycles. The van der Waals surface area contributed by atoms with Crippen LogP contribution in [0.2, 0.25) is 0 Å². The fraction of sp³-hybridized carbons (Fsp3) is 0.278. The van der Waals surface area contributed by atoms with Gasteiger partial charge in [-0.05, 0) is 43.3 Å². The summed E-state index contributed by atoms with van der Waals surface area (Å²) in [5.41, 5.74) is 0.671. The number of nitrogens with one attached hydrogen (secondary N) is 1. The van der Waals surface area contributed by atoms with Gasteiger partial charge in [-0.1, -0.05) is 6.07 Å². The van der Waals surface area contributed by atoms with Crippen LogP contribution < -0.4 is 24.3 Å². The SMILES string of the molecule is CCOc1ccc(NC(=O)COc2cccc(OC)c2OC)cc1. The van der Waals surface area contributed by atoms with E-state index in [2.05, 4.69) is 5.32 Å². The molecule has 0 aliphatic carbocycles. The van der Waals surface area contributed by atoms with E-state index in [1.165, 1.54) is 7.11 Å². The lowest BCUT2D eigenvalue weighted by Gasteiger charge is -2.13. The molecule has 6 nitrogen and oxygen atoms in total. The summed E-state index contributed by atoms with van der Waals surface area (Å²) in [5.74, 6) is 1.92. The van der Waals surface area contributed by atoms with Crippen molar-refractivity contribution in [2.24, 2.45) is 0 Å². The van der Waals surface area contributed by atoms with Gasteiger partial charge in [0.15, 0.2) is 18.1 Å². The van der Waals surface area contributed by atoms with Crippen LogP contribution in [-0.2, 0) is 4.79 Å². The minimum absolute atomic E-state index is 0.142. The second-order valence-electron chi connectivity index (χ2n) is 4.79. The molecule has 0 aromatic heterocycles. The summed E-state index contributed by atoms with van der Waals surface area (Å²) in [7, 11) is 3.06. The molecular weight excluding hydrogens is 310 g/mol. The van der Waals surface area contributed by atoms with Gasteiger partial charge in [0.25, 0.3) is 5.91 Å². The topological polar surface area (TPSA) is 66.0 Å². The van der Waals surface area contributed by atoms with Crippen molar-refractivity contribution in [2.45, 2.75) is 6.92 Å². The van der Waals surface area contributed by atoms with E-state index in [0.29, 0.717) is 29.5 Å². The number of carbonyl (C=O) groups is 1. The molecule has 6 heteroatoms. The van der Waals surface area contributed by atoms with Crippen molar-refractivity contribution in [1.82, 2.24) is 0 Å². The Hall–Kier alpha value is -2.89. The van der Waals surface area contributed by atoms with Crippen molar-refractivity contribution in [1.29, 1.82) is 0 Å². The maximum absolute atomic E-state index is 12.0. The van der Waals surface area contributed by atoms with Crippen LogP contribution >= 0.6 is 0 Å². The Morgan fingerprint density at radius 3 is 2.29 bits per heavy atom. The molecule has 24 heavy (non-hydrogen) atoms. The summed E-state index contributed by atoms with van der Waals surface area (Å²) in [6, 6.07) is 12.4. The number of rotatable bonds is 8. The number of methoxy groups -OCH3 is 2. The first-order chi connectivity index (χ1) is 11.7. The van der Waals surface area contributed by atoms with Crippen molar-refractivity contribution in [3.8, 4) is 23.0 Å². The summed E-state index contributed by atoms with van der Waals surface area (Å²) in [4.78, 5) is 12.0. The van der Waals surface area contributed by atoms with E-state index in [1.54, 1.807) is 49.6 Å². The predicted octanol–water partition coefficient (Wildman–Crippen LogP) is 3.12. The molecule has 2 rings (SSSR count). The van der Waals surface area contributed by atoms with E-state index in [-0.39, 0.29) is 12.5 Å². The second kappa shape index (κ2) is 8.67. The summed E-state index contributed by atoms with van der Waals surface area (Å²) in [6.45, 7) is 2.37. The van der Waals surface area contributed by atoms with Crippen molar-refractivity contribution < 1.29 is 23.7 Å². The molecule has 0 fully saturated rings. The fourth-order valence-electron chi connectivity index (χ4n) is 2.11. The average molecular weight is 331 g/mol. The molecule has 0 unspecified atom stereocenters. The monoisotopic (exact) mass is 331 g/mol. The third-order valence-corrected chi connectivity index (χ3v) is 3.17. The Bertz CT molecular complexity index is 670. The highest BCUT2D eigenvalue weighted by molar-refractivity contribution is 5.91. The van der Waals surface area contributed by atoms with Crippen LogP contribution in [0.4, 0.5) is 5.69 Å². The molecule has 0 heterocycles. The molecule has 0 spiro atoms. The maximum atomic E-state index is 12.0. The Balaban J connectivity index is 1.93. The van der Waals surface area contributed by atoms with Gasteiger partial charge in [-0.15, -0.1) is 0 Å². The molecule has 1 amide bonds. The van der Waals surface area contributed by atoms with Crippen LogP contribution in [0.1, 0.15) is 6.92 Å². The minimum Gasteiger partial charge on any atom is -0.494 e. The van der Waals surface area contributed by atoms with E-state index in [4.69, 9.17) is 18.9 Å². The summed E-state index contributed by atoms with van der Waals surface area (Å²) >= 11 is 0. The van der Waals surface area contributed by atoms with E-state index in [1.807, 2.05) is 6.92 Å². The maximum Gasteiger partial charge on any atom is 0.262 e. The molecule has 0 radical (unpaired) electrons. The number of carbonyl (C=O) groups excluding carboxylic acids is 1. The highest BCUT2D eigenvalue weighted by Crippen LogP contribution is 2.36. The van der Waals surface area contributed by atoms with E-state index in [9.17, 15) is 4.79 Å². The zero-order valence-electron chi connectivity index (χ0n) is 14.0. The highest BCUT2D eigenvalue weighted by atomic mass is 16.5. The average Bonchev–Trinajstić information content (AvgIpc) is 2.61. The first-order valence-corrected chi connectivity index (χ1v) is 7.54. The number of anilines is 1. The standard InChI is InChI=1S/C18H21NO5/c1-4-23-14-10-8-13(9-11-14)19-17(20)12-24-16-7-5-6-15(21-2)18(16)22-3/h5-11H,4,12H2,1-3H3,(H,19,20). The van der Waals surface area contributed by atoms with Crippen molar-refractivity contribution in [2.75, 3.05) is 32.8 Å². The number of amides is 1. The van der Waals surface area contributed by atoms with Gasteiger partial charge in [-0.25, -0.2) is 0 Å². The Labute approximate surface area is 141 Å². The lowest BCUT2D eigenvalue weighted by Crippen LogP contribution is -2.20. The molecule has 0 aliphatic rings. The Morgan fingerprint density at radius 1 is 0.958 bits per heavy atom. The van der Waals surface area contributed by atoms with Gasteiger partial charge < -0.3 is 24.3 Å². The Kier molecular flexibility index (Phi) is 6.31. The van der Waals surface area contributed by atoms with Gasteiger partial charge in [0.05, 0.1) is 20.8 Å². The molecule has 1 N–H and O–H groups in total. The summed E-state index contributed by atoms with van der Waals surface area (Å²) in [5, 5.41) is 2.76. The van der Waals surface area contributed by atoms with Gasteiger partial charge in [-0.2, -0.15) is 0 Å². The summed E-state index contributed by atoms with van der Waals surface area (Å²) in [6.07, 6.45) is 0. The van der Waals surface area contributed by atoms with Crippen LogP contribution in [0.3, 0.4) is 0 Å². The van der Waals surface area contributed by atoms with Crippen LogP contribution in [-0.4, -0.2) is 33.3 Å².